The highest BCUT2D eigenvalue weighted by atomic mass is 16.6. The second-order valence-electron chi connectivity index (χ2n) is 7.50. The smallest absolute Gasteiger partial charge is 0.348 e. The molecule has 2 aliphatic heterocycles. The summed E-state index contributed by atoms with van der Waals surface area (Å²) in [5, 5.41) is 11.8. The van der Waals surface area contributed by atoms with Gasteiger partial charge in [0, 0.05) is 17.5 Å². The predicted molar refractivity (Wildman–Crippen MR) is 110 cm³/mol. The van der Waals surface area contributed by atoms with Crippen LogP contribution in [0.3, 0.4) is 0 Å². The summed E-state index contributed by atoms with van der Waals surface area (Å²) in [6.45, 7) is 4.97. The highest BCUT2D eigenvalue weighted by molar-refractivity contribution is 6.18. The van der Waals surface area contributed by atoms with E-state index in [2.05, 4.69) is 0 Å². The molecule has 1 aromatic rings. The van der Waals surface area contributed by atoms with Crippen molar-refractivity contribution in [2.45, 2.75) is 57.7 Å². The van der Waals surface area contributed by atoms with Crippen molar-refractivity contribution in [2.24, 2.45) is 0 Å². The number of ether oxygens (including phenoxy) is 2. The Balaban J connectivity index is 2.25. The average Bonchev–Trinajstić information content (AvgIpc) is 3.17. The van der Waals surface area contributed by atoms with E-state index in [1.165, 1.54) is 12.1 Å². The van der Waals surface area contributed by atoms with Crippen LogP contribution in [-0.2, 0) is 29.6 Å². The largest absolute Gasteiger partial charge is 0.464 e. The first kappa shape index (κ1) is 22.7. The van der Waals surface area contributed by atoms with E-state index in [-0.39, 0.29) is 36.3 Å². The van der Waals surface area contributed by atoms with Gasteiger partial charge in [0.2, 0.25) is 0 Å². The lowest BCUT2D eigenvalue weighted by Gasteiger charge is -2.37. The molecule has 8 heteroatoms. The molecule has 1 amide bonds. The zero-order valence-corrected chi connectivity index (χ0v) is 18.0. The fourth-order valence-electron chi connectivity index (χ4n) is 4.23. The number of fused-ring (bicyclic) bond motifs is 3. The number of ketones is 1. The van der Waals surface area contributed by atoms with Gasteiger partial charge >= 0.3 is 11.9 Å². The third kappa shape index (κ3) is 3.26. The number of aliphatic hydroxyl groups is 1. The monoisotopic (exact) mass is 429 g/mol. The molecule has 8 nitrogen and oxygen atoms in total. The normalized spacial score (nSPS) is 20.7. The van der Waals surface area contributed by atoms with Gasteiger partial charge in [-0.3, -0.25) is 14.5 Å². The fraction of sp³-hybridized carbons (Fsp3) is 0.478. The summed E-state index contributed by atoms with van der Waals surface area (Å²) in [5.74, 6) is -3.36. The summed E-state index contributed by atoms with van der Waals surface area (Å²) in [6.07, 6.45) is 3.43. The van der Waals surface area contributed by atoms with Crippen molar-refractivity contribution in [3.8, 4) is 0 Å². The maximum atomic E-state index is 13.4. The summed E-state index contributed by atoms with van der Waals surface area (Å²) in [4.78, 5) is 53.5. The number of nitrogens with zero attached hydrogens (tertiary/aromatic N) is 1. The van der Waals surface area contributed by atoms with E-state index in [4.69, 9.17) is 9.47 Å². The Bertz CT molecular complexity index is 933. The maximum absolute atomic E-state index is 13.4. The standard InChI is InChI=1S/C23H27NO7/c1-4-7-8-13-18(25)17-14-22(20(27)30-5-2,21(28)31-6-3)24-19(26)15-11-9-10-12-16(15)23(17,24)29/h9-12,14,29H,4-8,13H2,1-3H3. The second-order valence-corrected chi connectivity index (χ2v) is 7.50. The molecule has 0 bridgehead atoms. The Morgan fingerprint density at radius 2 is 1.61 bits per heavy atom. The first-order valence-electron chi connectivity index (χ1n) is 10.6. The Morgan fingerprint density at radius 1 is 1.00 bits per heavy atom. The summed E-state index contributed by atoms with van der Waals surface area (Å²) in [5.41, 5.74) is -4.60. The van der Waals surface area contributed by atoms with E-state index in [0.717, 1.165) is 23.8 Å². The third-order valence-electron chi connectivity index (χ3n) is 5.62. The number of hydrogen-bond acceptors (Lipinski definition) is 7. The molecule has 31 heavy (non-hydrogen) atoms. The van der Waals surface area contributed by atoms with Crippen LogP contribution >= 0.6 is 0 Å². The van der Waals surface area contributed by atoms with Crippen LogP contribution in [0.5, 0.6) is 0 Å². The quantitative estimate of drug-likeness (QED) is 0.364. The lowest BCUT2D eigenvalue weighted by Crippen LogP contribution is -2.62. The van der Waals surface area contributed by atoms with Crippen LogP contribution in [0.2, 0.25) is 0 Å². The van der Waals surface area contributed by atoms with E-state index in [1.807, 2.05) is 6.92 Å². The molecule has 1 aromatic carbocycles. The first-order chi connectivity index (χ1) is 14.8. The van der Waals surface area contributed by atoms with Crippen molar-refractivity contribution in [1.82, 2.24) is 4.90 Å². The van der Waals surface area contributed by atoms with Gasteiger partial charge in [-0.2, -0.15) is 0 Å². The lowest BCUT2D eigenvalue weighted by molar-refractivity contribution is -0.178. The third-order valence-corrected chi connectivity index (χ3v) is 5.62. The molecule has 2 aliphatic rings. The Hall–Kier alpha value is -3.00. The number of esters is 2. The molecule has 0 fully saturated rings. The van der Waals surface area contributed by atoms with Gasteiger partial charge in [-0.1, -0.05) is 38.0 Å². The van der Waals surface area contributed by atoms with E-state index in [9.17, 15) is 24.3 Å². The van der Waals surface area contributed by atoms with Crippen molar-refractivity contribution in [1.29, 1.82) is 0 Å². The molecule has 1 unspecified atom stereocenters. The van der Waals surface area contributed by atoms with Gasteiger partial charge in [0.1, 0.15) is 0 Å². The van der Waals surface area contributed by atoms with Gasteiger partial charge in [-0.15, -0.1) is 0 Å². The van der Waals surface area contributed by atoms with E-state index in [0.29, 0.717) is 6.42 Å². The fourth-order valence-corrected chi connectivity index (χ4v) is 4.23. The van der Waals surface area contributed by atoms with Crippen LogP contribution in [0.25, 0.3) is 0 Å². The highest BCUT2D eigenvalue weighted by Crippen LogP contribution is 2.53. The maximum Gasteiger partial charge on any atom is 0.348 e. The van der Waals surface area contributed by atoms with Crippen molar-refractivity contribution in [3.63, 3.8) is 0 Å². The van der Waals surface area contributed by atoms with Gasteiger partial charge < -0.3 is 14.6 Å². The van der Waals surface area contributed by atoms with Gasteiger partial charge in [-0.25, -0.2) is 9.59 Å². The van der Waals surface area contributed by atoms with Gasteiger partial charge in [0.25, 0.3) is 11.4 Å². The minimum atomic E-state index is -2.40. The zero-order valence-electron chi connectivity index (χ0n) is 18.0. The van der Waals surface area contributed by atoms with Crippen LogP contribution in [0.15, 0.2) is 35.9 Å². The van der Waals surface area contributed by atoms with Crippen molar-refractivity contribution in [3.05, 3.63) is 47.0 Å². The molecule has 0 radical (unpaired) electrons. The molecule has 1 N–H and O–H groups in total. The average molecular weight is 429 g/mol. The van der Waals surface area contributed by atoms with Crippen LogP contribution in [0.1, 0.15) is 62.4 Å². The number of amides is 1. The highest BCUT2D eigenvalue weighted by Gasteiger charge is 2.71. The Kier molecular flexibility index (Phi) is 6.31. The van der Waals surface area contributed by atoms with Crippen molar-refractivity contribution < 1.29 is 33.8 Å². The van der Waals surface area contributed by atoms with Crippen LogP contribution < -0.4 is 0 Å². The minimum Gasteiger partial charge on any atom is -0.464 e. The van der Waals surface area contributed by atoms with E-state index in [1.54, 1.807) is 26.0 Å². The number of carbonyl (C=O) groups excluding carboxylic acids is 4. The zero-order chi connectivity index (χ0) is 22.8. The summed E-state index contributed by atoms with van der Waals surface area (Å²) < 4.78 is 10.2. The predicted octanol–water partition coefficient (Wildman–Crippen LogP) is 2.24. The van der Waals surface area contributed by atoms with Gasteiger partial charge in [0.05, 0.1) is 18.8 Å². The molecule has 3 rings (SSSR count). The summed E-state index contributed by atoms with van der Waals surface area (Å²) >= 11 is 0. The molecular formula is C23H27NO7. The summed E-state index contributed by atoms with van der Waals surface area (Å²) in [6, 6.07) is 6.20. The summed E-state index contributed by atoms with van der Waals surface area (Å²) in [7, 11) is 0. The molecule has 0 spiro atoms. The van der Waals surface area contributed by atoms with E-state index >= 15 is 0 Å². The Labute approximate surface area is 180 Å². The van der Waals surface area contributed by atoms with Crippen LogP contribution in [-0.4, -0.2) is 52.4 Å². The number of carbonyl (C=O) groups is 4. The molecule has 0 aromatic heterocycles. The molecule has 2 heterocycles. The molecule has 1 atom stereocenters. The molecule has 166 valence electrons. The molecular weight excluding hydrogens is 402 g/mol. The number of benzene rings is 1. The van der Waals surface area contributed by atoms with Gasteiger partial charge in [-0.05, 0) is 32.4 Å². The lowest BCUT2D eigenvalue weighted by atomic mass is 9.90. The SMILES string of the molecule is CCCCCC(=O)C1=CC(C(=O)OCC)(C(=O)OCC)N2C(=O)c3ccccc3C12O. The molecule has 0 aliphatic carbocycles. The number of unbranched alkanes of at least 4 members (excludes halogenated alkanes) is 2. The second kappa shape index (κ2) is 8.63. The Morgan fingerprint density at radius 3 is 2.19 bits per heavy atom. The van der Waals surface area contributed by atoms with E-state index < -0.39 is 34.9 Å². The van der Waals surface area contributed by atoms with Crippen molar-refractivity contribution in [2.75, 3.05) is 13.2 Å². The number of rotatable bonds is 9. The molecule has 0 saturated heterocycles. The minimum absolute atomic E-state index is 0.0684. The van der Waals surface area contributed by atoms with Gasteiger partial charge in [0.15, 0.2) is 11.5 Å². The van der Waals surface area contributed by atoms with Crippen LogP contribution in [0.4, 0.5) is 0 Å². The molecule has 0 saturated carbocycles. The topological polar surface area (TPSA) is 110 Å². The number of hydrogen-bond donors (Lipinski definition) is 1. The first-order valence-corrected chi connectivity index (χ1v) is 10.6. The van der Waals surface area contributed by atoms with Crippen molar-refractivity contribution >= 4 is 23.6 Å². The van der Waals surface area contributed by atoms with Crippen LogP contribution in [0, 0.1) is 0 Å². The number of Topliss-reactive ketones (excluding diaryl/α,β-unsaturated/α-hetero) is 1.